The van der Waals surface area contributed by atoms with Crippen LogP contribution in [-0.4, -0.2) is 71.0 Å². The minimum Gasteiger partial charge on any atom is -0.504 e. The Morgan fingerprint density at radius 3 is 2.75 bits per heavy atom. The molecule has 0 aliphatic carbocycles. The number of rotatable bonds is 6. The quantitative estimate of drug-likeness (QED) is 0.820. The Morgan fingerprint density at radius 1 is 1.25 bits per heavy atom. The molecule has 2 N–H and O–H groups in total. The lowest BCUT2D eigenvalue weighted by Gasteiger charge is -2.28. The van der Waals surface area contributed by atoms with Gasteiger partial charge in [-0.1, -0.05) is 0 Å². The fraction of sp³-hybridized carbons (Fsp3) is 0.471. The van der Waals surface area contributed by atoms with Crippen LogP contribution in [0.5, 0.6) is 11.5 Å². The van der Waals surface area contributed by atoms with Gasteiger partial charge in [0.15, 0.2) is 11.5 Å². The van der Waals surface area contributed by atoms with Gasteiger partial charge in [0, 0.05) is 31.4 Å². The van der Waals surface area contributed by atoms with Crippen molar-refractivity contribution in [2.45, 2.75) is 12.6 Å². The van der Waals surface area contributed by atoms with E-state index in [0.29, 0.717) is 18.8 Å². The Hall–Kier alpha value is -2.09. The molecule has 0 saturated carbocycles. The molecule has 1 atom stereocenters. The summed E-state index contributed by atoms with van der Waals surface area (Å²) >= 11 is 0. The first-order valence-electron chi connectivity index (χ1n) is 8.04. The van der Waals surface area contributed by atoms with Crippen LogP contribution in [-0.2, 0) is 11.3 Å². The maximum atomic E-state index is 10.2. The van der Waals surface area contributed by atoms with E-state index < -0.39 is 6.10 Å². The molecule has 1 fully saturated rings. The summed E-state index contributed by atoms with van der Waals surface area (Å²) in [4.78, 5) is 2.19. The van der Waals surface area contributed by atoms with Gasteiger partial charge in [0.05, 0.1) is 38.7 Å². The maximum Gasteiger partial charge on any atom is 0.160 e. The Morgan fingerprint density at radius 2 is 2.04 bits per heavy atom. The zero-order chi connectivity index (χ0) is 16.9. The molecule has 7 nitrogen and oxygen atoms in total. The zero-order valence-electron chi connectivity index (χ0n) is 13.8. The molecule has 0 amide bonds. The van der Waals surface area contributed by atoms with Crippen molar-refractivity contribution in [1.82, 2.24) is 14.7 Å². The second-order valence-electron chi connectivity index (χ2n) is 5.88. The van der Waals surface area contributed by atoms with Crippen molar-refractivity contribution in [3.8, 4) is 22.8 Å². The monoisotopic (exact) mass is 333 g/mol. The molecule has 3 rings (SSSR count). The highest BCUT2D eigenvalue weighted by atomic mass is 16.5. The van der Waals surface area contributed by atoms with Gasteiger partial charge in [0.25, 0.3) is 0 Å². The maximum absolute atomic E-state index is 10.2. The van der Waals surface area contributed by atoms with Gasteiger partial charge in [0.1, 0.15) is 0 Å². The largest absolute Gasteiger partial charge is 0.504 e. The van der Waals surface area contributed by atoms with E-state index in [1.54, 1.807) is 16.8 Å². The number of aliphatic hydroxyl groups is 1. The van der Waals surface area contributed by atoms with Crippen LogP contribution in [0.3, 0.4) is 0 Å². The van der Waals surface area contributed by atoms with Crippen LogP contribution < -0.4 is 4.74 Å². The van der Waals surface area contributed by atoms with E-state index in [-0.39, 0.29) is 5.75 Å². The van der Waals surface area contributed by atoms with Crippen LogP contribution in [0, 0.1) is 0 Å². The smallest absolute Gasteiger partial charge is 0.160 e. The molecule has 0 radical (unpaired) electrons. The highest BCUT2D eigenvalue weighted by Gasteiger charge is 2.16. The average molecular weight is 333 g/mol. The summed E-state index contributed by atoms with van der Waals surface area (Å²) in [7, 11) is 1.51. The van der Waals surface area contributed by atoms with E-state index >= 15 is 0 Å². The number of hydrogen-bond donors (Lipinski definition) is 2. The Bertz CT molecular complexity index is 668. The summed E-state index contributed by atoms with van der Waals surface area (Å²) in [6, 6.07) is 7.03. The van der Waals surface area contributed by atoms with Gasteiger partial charge < -0.3 is 19.7 Å². The fourth-order valence-corrected chi connectivity index (χ4v) is 2.82. The average Bonchev–Trinajstić information content (AvgIpc) is 3.04. The molecule has 24 heavy (non-hydrogen) atoms. The van der Waals surface area contributed by atoms with Gasteiger partial charge in [-0.3, -0.25) is 9.58 Å². The van der Waals surface area contributed by atoms with Crippen molar-refractivity contribution in [2.75, 3.05) is 40.0 Å². The summed E-state index contributed by atoms with van der Waals surface area (Å²) in [6.45, 7) is 4.19. The predicted molar refractivity (Wildman–Crippen MR) is 89.1 cm³/mol. The van der Waals surface area contributed by atoms with Crippen LogP contribution >= 0.6 is 0 Å². The predicted octanol–water partition coefficient (Wildman–Crippen LogP) is 0.957. The third-order valence-corrected chi connectivity index (χ3v) is 4.09. The summed E-state index contributed by atoms with van der Waals surface area (Å²) in [5.41, 5.74) is 1.54. The van der Waals surface area contributed by atoms with Crippen molar-refractivity contribution in [3.05, 3.63) is 30.5 Å². The van der Waals surface area contributed by atoms with E-state index in [2.05, 4.69) is 10.00 Å². The Balaban J connectivity index is 1.61. The second kappa shape index (κ2) is 7.65. The third-order valence-electron chi connectivity index (χ3n) is 4.09. The van der Waals surface area contributed by atoms with Crippen molar-refractivity contribution < 1.29 is 19.7 Å². The number of aromatic hydroxyl groups is 1. The van der Waals surface area contributed by atoms with Gasteiger partial charge in [0.2, 0.25) is 0 Å². The summed E-state index contributed by atoms with van der Waals surface area (Å²) in [5, 5.41) is 24.6. The minimum absolute atomic E-state index is 0.0805. The van der Waals surface area contributed by atoms with Gasteiger partial charge >= 0.3 is 0 Å². The number of ether oxygens (including phenoxy) is 2. The first-order chi connectivity index (χ1) is 11.7. The summed E-state index contributed by atoms with van der Waals surface area (Å²) in [6.07, 6.45) is 1.35. The van der Waals surface area contributed by atoms with Crippen LogP contribution in [0.2, 0.25) is 0 Å². The number of aromatic nitrogens is 2. The minimum atomic E-state index is -0.486. The highest BCUT2D eigenvalue weighted by molar-refractivity contribution is 5.63. The van der Waals surface area contributed by atoms with Crippen LogP contribution in [0.4, 0.5) is 0 Å². The number of morpholine rings is 1. The van der Waals surface area contributed by atoms with Gasteiger partial charge in [-0.25, -0.2) is 0 Å². The normalized spacial score (nSPS) is 16.9. The standard InChI is InChI=1S/C17H23N3O4/c1-23-17-3-2-13(10-16(17)22)15-4-5-20(18-15)12-14(21)11-19-6-8-24-9-7-19/h2-5,10,14,21-22H,6-9,11-12H2,1H3. The lowest BCUT2D eigenvalue weighted by molar-refractivity contribution is 0.0108. The molecule has 1 aromatic heterocycles. The summed E-state index contributed by atoms with van der Waals surface area (Å²) < 4.78 is 12.1. The van der Waals surface area contributed by atoms with E-state index in [1.165, 1.54) is 7.11 Å². The number of methoxy groups -OCH3 is 1. The molecule has 1 unspecified atom stereocenters. The SMILES string of the molecule is COc1ccc(-c2ccn(CC(O)CN3CCOCC3)n2)cc1O. The first kappa shape index (κ1) is 16.8. The van der Waals surface area contributed by atoms with Crippen LogP contribution in [0.25, 0.3) is 11.3 Å². The molecule has 1 aliphatic heterocycles. The van der Waals surface area contributed by atoms with Crippen molar-refractivity contribution in [3.63, 3.8) is 0 Å². The zero-order valence-corrected chi connectivity index (χ0v) is 13.8. The summed E-state index contributed by atoms with van der Waals surface area (Å²) in [5.74, 6) is 0.510. The number of hydrogen-bond acceptors (Lipinski definition) is 6. The topological polar surface area (TPSA) is 80.0 Å². The highest BCUT2D eigenvalue weighted by Crippen LogP contribution is 2.30. The van der Waals surface area contributed by atoms with Crippen molar-refractivity contribution in [1.29, 1.82) is 0 Å². The number of β-amino-alcohol motifs (C(OH)–C–C–N with tert-alkyl or cyclic N) is 1. The second-order valence-corrected chi connectivity index (χ2v) is 5.88. The number of benzene rings is 1. The van der Waals surface area contributed by atoms with E-state index in [0.717, 1.165) is 37.6 Å². The lowest BCUT2D eigenvalue weighted by Crippen LogP contribution is -2.42. The number of phenols is 1. The number of nitrogens with zero attached hydrogens (tertiary/aromatic N) is 3. The van der Waals surface area contributed by atoms with Gasteiger partial charge in [-0.2, -0.15) is 5.10 Å². The molecule has 7 heteroatoms. The lowest BCUT2D eigenvalue weighted by atomic mass is 10.1. The fourth-order valence-electron chi connectivity index (χ4n) is 2.82. The van der Waals surface area contributed by atoms with Gasteiger partial charge in [-0.15, -0.1) is 0 Å². The molecule has 0 bridgehead atoms. The molecule has 1 aliphatic rings. The van der Waals surface area contributed by atoms with E-state index in [4.69, 9.17) is 9.47 Å². The number of aliphatic hydroxyl groups excluding tert-OH is 1. The van der Waals surface area contributed by atoms with Crippen LogP contribution in [0.1, 0.15) is 0 Å². The van der Waals surface area contributed by atoms with Crippen LogP contribution in [0.15, 0.2) is 30.5 Å². The molecule has 130 valence electrons. The molecule has 1 saturated heterocycles. The van der Waals surface area contributed by atoms with Crippen molar-refractivity contribution >= 4 is 0 Å². The molecule has 0 spiro atoms. The molecule has 2 heterocycles. The molecular formula is C17H23N3O4. The molecular weight excluding hydrogens is 310 g/mol. The Labute approximate surface area is 141 Å². The first-order valence-corrected chi connectivity index (χ1v) is 8.04. The third kappa shape index (κ3) is 4.05. The van der Waals surface area contributed by atoms with E-state index in [1.807, 2.05) is 18.3 Å². The van der Waals surface area contributed by atoms with E-state index in [9.17, 15) is 10.2 Å². The number of phenolic OH excluding ortho intramolecular Hbond substituents is 1. The molecule has 1 aromatic carbocycles. The molecule has 2 aromatic rings. The Kier molecular flexibility index (Phi) is 5.34. The van der Waals surface area contributed by atoms with Gasteiger partial charge in [-0.05, 0) is 24.3 Å². The van der Waals surface area contributed by atoms with Crippen molar-refractivity contribution in [2.24, 2.45) is 0 Å².